The molecular weight excluding hydrogens is 239 g/mol. The lowest BCUT2D eigenvalue weighted by Gasteiger charge is -2.01. The van der Waals surface area contributed by atoms with Gasteiger partial charge in [0.2, 0.25) is 0 Å². The quantitative estimate of drug-likeness (QED) is 0.568. The average Bonchev–Trinajstić information content (AvgIpc) is 2.77. The van der Waals surface area contributed by atoms with Crippen molar-refractivity contribution in [1.82, 2.24) is 4.98 Å². The van der Waals surface area contributed by atoms with Crippen LogP contribution in [0.5, 0.6) is 0 Å². The van der Waals surface area contributed by atoms with Gasteiger partial charge in [0.1, 0.15) is 11.5 Å². The van der Waals surface area contributed by atoms with Gasteiger partial charge in [0, 0.05) is 17.4 Å². The number of carboxylic acids is 1. The van der Waals surface area contributed by atoms with E-state index in [-0.39, 0.29) is 22.5 Å². The summed E-state index contributed by atoms with van der Waals surface area (Å²) >= 11 is 0. The standard InChI is InChI=1S/C12H9FN2O3/c13-9-4-7(14)1-2-8(9)11(16)6-3-10(12(17)18)15-5-6/h1-5,15H,14H2,(H,17,18). The van der Waals surface area contributed by atoms with E-state index in [0.29, 0.717) is 0 Å². The van der Waals surface area contributed by atoms with Crippen molar-refractivity contribution in [2.75, 3.05) is 5.73 Å². The number of aromatic carboxylic acids is 1. The number of aromatic nitrogens is 1. The third-order valence-electron chi connectivity index (χ3n) is 2.41. The van der Waals surface area contributed by atoms with Crippen LogP contribution in [0.3, 0.4) is 0 Å². The molecule has 18 heavy (non-hydrogen) atoms. The first kappa shape index (κ1) is 11.8. The minimum absolute atomic E-state index is 0.0797. The highest BCUT2D eigenvalue weighted by Gasteiger charge is 2.17. The maximum atomic E-state index is 13.5. The molecular formula is C12H9FN2O3. The highest BCUT2D eigenvalue weighted by Crippen LogP contribution is 2.17. The van der Waals surface area contributed by atoms with Crippen LogP contribution in [0.25, 0.3) is 0 Å². The molecule has 6 heteroatoms. The van der Waals surface area contributed by atoms with Crippen LogP contribution in [0, 0.1) is 5.82 Å². The van der Waals surface area contributed by atoms with Crippen LogP contribution < -0.4 is 5.73 Å². The number of ketones is 1. The van der Waals surface area contributed by atoms with E-state index < -0.39 is 17.6 Å². The highest BCUT2D eigenvalue weighted by molar-refractivity contribution is 6.10. The number of nitrogens with two attached hydrogens (primary N) is 1. The van der Waals surface area contributed by atoms with Gasteiger partial charge in [-0.05, 0) is 24.3 Å². The van der Waals surface area contributed by atoms with E-state index in [4.69, 9.17) is 10.8 Å². The molecule has 5 nitrogen and oxygen atoms in total. The third-order valence-corrected chi connectivity index (χ3v) is 2.41. The third kappa shape index (κ3) is 2.08. The van der Waals surface area contributed by atoms with E-state index in [2.05, 4.69) is 4.98 Å². The van der Waals surface area contributed by atoms with Gasteiger partial charge in [-0.25, -0.2) is 9.18 Å². The number of rotatable bonds is 3. The predicted molar refractivity (Wildman–Crippen MR) is 62.0 cm³/mol. The number of hydrogen-bond acceptors (Lipinski definition) is 3. The Labute approximate surface area is 101 Å². The number of carboxylic acid groups (broad SMARTS) is 1. The first-order valence-electron chi connectivity index (χ1n) is 5.00. The van der Waals surface area contributed by atoms with Crippen molar-refractivity contribution in [2.45, 2.75) is 0 Å². The topological polar surface area (TPSA) is 96.2 Å². The predicted octanol–water partition coefficient (Wildman–Crippen LogP) is 1.67. The molecule has 1 heterocycles. The molecule has 0 saturated heterocycles. The van der Waals surface area contributed by atoms with Crippen LogP contribution in [-0.2, 0) is 0 Å². The van der Waals surface area contributed by atoms with Gasteiger partial charge in [-0.3, -0.25) is 4.79 Å². The van der Waals surface area contributed by atoms with Crippen molar-refractivity contribution < 1.29 is 19.1 Å². The Morgan fingerprint density at radius 2 is 2.00 bits per heavy atom. The summed E-state index contributed by atoms with van der Waals surface area (Å²) in [7, 11) is 0. The fourth-order valence-electron chi connectivity index (χ4n) is 1.52. The van der Waals surface area contributed by atoms with E-state index in [1.807, 2.05) is 0 Å². The maximum Gasteiger partial charge on any atom is 0.352 e. The molecule has 1 aromatic heterocycles. The average molecular weight is 248 g/mol. The number of benzene rings is 1. The molecule has 0 atom stereocenters. The van der Waals surface area contributed by atoms with Gasteiger partial charge in [0.05, 0.1) is 5.56 Å². The van der Waals surface area contributed by atoms with Crippen LogP contribution in [0.2, 0.25) is 0 Å². The first-order valence-corrected chi connectivity index (χ1v) is 5.00. The molecule has 0 spiro atoms. The number of hydrogen-bond donors (Lipinski definition) is 3. The Balaban J connectivity index is 2.38. The molecule has 0 bridgehead atoms. The van der Waals surface area contributed by atoms with E-state index in [1.54, 1.807) is 0 Å². The summed E-state index contributed by atoms with van der Waals surface area (Å²) in [6, 6.07) is 4.86. The fourth-order valence-corrected chi connectivity index (χ4v) is 1.52. The number of carbonyl (C=O) groups excluding carboxylic acids is 1. The van der Waals surface area contributed by atoms with Crippen LogP contribution in [0.15, 0.2) is 30.5 Å². The van der Waals surface area contributed by atoms with Crippen molar-refractivity contribution in [3.8, 4) is 0 Å². The number of carbonyl (C=O) groups is 2. The first-order chi connectivity index (χ1) is 8.49. The number of nitrogens with one attached hydrogen (secondary N) is 1. The van der Waals surface area contributed by atoms with Gasteiger partial charge in [-0.1, -0.05) is 0 Å². The molecule has 0 saturated carbocycles. The molecule has 1 aromatic carbocycles. The van der Waals surface area contributed by atoms with Crippen molar-refractivity contribution >= 4 is 17.4 Å². The highest BCUT2D eigenvalue weighted by atomic mass is 19.1. The molecule has 0 aliphatic carbocycles. The van der Waals surface area contributed by atoms with Crippen LogP contribution in [0.1, 0.15) is 26.4 Å². The molecule has 4 N–H and O–H groups in total. The van der Waals surface area contributed by atoms with Crippen molar-refractivity contribution in [3.05, 3.63) is 53.1 Å². The van der Waals surface area contributed by atoms with Crippen LogP contribution >= 0.6 is 0 Å². The van der Waals surface area contributed by atoms with Gasteiger partial charge in [-0.15, -0.1) is 0 Å². The summed E-state index contributed by atoms with van der Waals surface area (Å²) < 4.78 is 13.5. The summed E-state index contributed by atoms with van der Waals surface area (Å²) in [5.41, 5.74) is 5.38. The second-order valence-corrected chi connectivity index (χ2v) is 3.68. The lowest BCUT2D eigenvalue weighted by Crippen LogP contribution is -2.04. The zero-order valence-electron chi connectivity index (χ0n) is 9.11. The zero-order valence-corrected chi connectivity index (χ0v) is 9.11. The SMILES string of the molecule is Nc1ccc(C(=O)c2c[nH]c(C(=O)O)c2)c(F)c1. The number of anilines is 1. The summed E-state index contributed by atoms with van der Waals surface area (Å²) in [5.74, 6) is -2.53. The van der Waals surface area contributed by atoms with Gasteiger partial charge >= 0.3 is 5.97 Å². The molecule has 0 unspecified atom stereocenters. The molecule has 2 aromatic rings. The fraction of sp³-hybridized carbons (Fsp3) is 0. The monoisotopic (exact) mass is 248 g/mol. The molecule has 0 radical (unpaired) electrons. The lowest BCUT2D eigenvalue weighted by atomic mass is 10.0. The van der Waals surface area contributed by atoms with Gasteiger partial charge < -0.3 is 15.8 Å². The van der Waals surface area contributed by atoms with Gasteiger partial charge in [0.15, 0.2) is 5.78 Å². The summed E-state index contributed by atoms with van der Waals surface area (Å²) in [6.45, 7) is 0. The van der Waals surface area contributed by atoms with E-state index in [9.17, 15) is 14.0 Å². The molecule has 92 valence electrons. The second kappa shape index (κ2) is 4.33. The Morgan fingerprint density at radius 3 is 2.56 bits per heavy atom. The zero-order chi connectivity index (χ0) is 13.3. The molecule has 0 fully saturated rings. The number of nitrogen functional groups attached to an aromatic ring is 1. The summed E-state index contributed by atoms with van der Waals surface area (Å²) in [4.78, 5) is 25.0. The molecule has 2 rings (SSSR count). The largest absolute Gasteiger partial charge is 0.477 e. The minimum Gasteiger partial charge on any atom is -0.477 e. The normalized spacial score (nSPS) is 10.3. The molecule has 0 aliphatic heterocycles. The van der Waals surface area contributed by atoms with Gasteiger partial charge in [0.25, 0.3) is 0 Å². The summed E-state index contributed by atoms with van der Waals surface area (Å²) in [6.07, 6.45) is 1.22. The number of halogens is 1. The number of H-pyrrole nitrogens is 1. The Kier molecular flexibility index (Phi) is 2.85. The van der Waals surface area contributed by atoms with Crippen LogP contribution in [0.4, 0.5) is 10.1 Å². The minimum atomic E-state index is -1.19. The van der Waals surface area contributed by atoms with Gasteiger partial charge in [-0.2, -0.15) is 0 Å². The van der Waals surface area contributed by atoms with Crippen molar-refractivity contribution in [1.29, 1.82) is 0 Å². The Hall–Kier alpha value is -2.63. The smallest absolute Gasteiger partial charge is 0.352 e. The lowest BCUT2D eigenvalue weighted by molar-refractivity contribution is 0.0691. The van der Waals surface area contributed by atoms with Crippen LogP contribution in [-0.4, -0.2) is 21.8 Å². The summed E-state index contributed by atoms with van der Waals surface area (Å²) in [5, 5.41) is 8.71. The Bertz CT molecular complexity index is 634. The molecule has 0 amide bonds. The van der Waals surface area contributed by atoms with Crippen molar-refractivity contribution in [3.63, 3.8) is 0 Å². The number of aromatic amines is 1. The molecule has 0 aliphatic rings. The van der Waals surface area contributed by atoms with E-state index in [0.717, 1.165) is 12.1 Å². The van der Waals surface area contributed by atoms with E-state index in [1.165, 1.54) is 18.3 Å². The maximum absolute atomic E-state index is 13.5. The Morgan fingerprint density at radius 1 is 1.28 bits per heavy atom. The second-order valence-electron chi connectivity index (χ2n) is 3.68. The van der Waals surface area contributed by atoms with Crippen molar-refractivity contribution in [2.24, 2.45) is 0 Å². The van der Waals surface area contributed by atoms with E-state index >= 15 is 0 Å².